The van der Waals surface area contributed by atoms with Gasteiger partial charge in [0, 0.05) is 19.5 Å². The van der Waals surface area contributed by atoms with Crippen LogP contribution in [0.3, 0.4) is 0 Å². The number of benzene rings is 1. The molecule has 0 spiro atoms. The normalized spacial score (nSPS) is 18.2. The van der Waals surface area contributed by atoms with E-state index in [1.807, 2.05) is 0 Å². The molecule has 1 N–H and O–H groups in total. The molecule has 0 amide bonds. The molecule has 1 aromatic carbocycles. The van der Waals surface area contributed by atoms with Gasteiger partial charge < -0.3 is 9.88 Å². The minimum atomic E-state index is 0.545. The molecule has 0 bridgehead atoms. The summed E-state index contributed by atoms with van der Waals surface area (Å²) in [5, 5.41) is 3.52. The van der Waals surface area contributed by atoms with Gasteiger partial charge in [-0.15, -0.1) is 0 Å². The van der Waals surface area contributed by atoms with Crippen molar-refractivity contribution in [2.24, 2.45) is 13.0 Å². The summed E-state index contributed by atoms with van der Waals surface area (Å²) in [6.45, 7) is 0. The van der Waals surface area contributed by atoms with Crippen LogP contribution in [0.2, 0.25) is 0 Å². The van der Waals surface area contributed by atoms with Gasteiger partial charge in [-0.3, -0.25) is 0 Å². The summed E-state index contributed by atoms with van der Waals surface area (Å²) >= 11 is 0. The van der Waals surface area contributed by atoms with Crippen molar-refractivity contribution in [3.8, 4) is 0 Å². The SMILES string of the molecule is CNC(Cc1nc2ccccc2n1C)CC1CCCCC1. The van der Waals surface area contributed by atoms with Gasteiger partial charge in [-0.2, -0.15) is 0 Å². The predicted octanol–water partition coefficient (Wildman–Crippen LogP) is 3.67. The van der Waals surface area contributed by atoms with E-state index < -0.39 is 0 Å². The second-order valence-corrected chi connectivity index (χ2v) is 6.51. The maximum absolute atomic E-state index is 4.82. The van der Waals surface area contributed by atoms with Crippen LogP contribution in [-0.2, 0) is 13.5 Å². The highest BCUT2D eigenvalue weighted by Gasteiger charge is 2.20. The summed E-state index contributed by atoms with van der Waals surface area (Å²) in [5.74, 6) is 2.11. The molecule has 0 aliphatic heterocycles. The molecule has 0 radical (unpaired) electrons. The van der Waals surface area contributed by atoms with E-state index in [1.54, 1.807) is 0 Å². The Morgan fingerprint density at radius 3 is 2.71 bits per heavy atom. The van der Waals surface area contributed by atoms with Crippen molar-refractivity contribution in [3.05, 3.63) is 30.1 Å². The van der Waals surface area contributed by atoms with Crippen LogP contribution in [0.25, 0.3) is 11.0 Å². The van der Waals surface area contributed by atoms with Crippen LogP contribution in [-0.4, -0.2) is 22.6 Å². The van der Waals surface area contributed by atoms with Crippen molar-refractivity contribution >= 4 is 11.0 Å². The number of fused-ring (bicyclic) bond motifs is 1. The van der Waals surface area contributed by atoms with Gasteiger partial charge in [0.1, 0.15) is 5.82 Å². The summed E-state index contributed by atoms with van der Waals surface area (Å²) < 4.78 is 2.25. The highest BCUT2D eigenvalue weighted by Crippen LogP contribution is 2.28. The molecular formula is C18H27N3. The fourth-order valence-electron chi connectivity index (χ4n) is 3.73. The maximum Gasteiger partial charge on any atom is 0.111 e. The largest absolute Gasteiger partial charge is 0.331 e. The lowest BCUT2D eigenvalue weighted by Crippen LogP contribution is -2.31. The minimum absolute atomic E-state index is 0.545. The Morgan fingerprint density at radius 1 is 1.24 bits per heavy atom. The van der Waals surface area contributed by atoms with Gasteiger partial charge in [0.15, 0.2) is 0 Å². The maximum atomic E-state index is 4.82. The van der Waals surface area contributed by atoms with E-state index >= 15 is 0 Å². The third-order valence-corrected chi connectivity index (χ3v) is 5.06. The molecule has 1 saturated carbocycles. The number of imidazole rings is 1. The van der Waals surface area contributed by atoms with Crippen molar-refractivity contribution < 1.29 is 0 Å². The number of rotatable bonds is 5. The van der Waals surface area contributed by atoms with Crippen molar-refractivity contribution in [1.82, 2.24) is 14.9 Å². The molecule has 114 valence electrons. The third kappa shape index (κ3) is 3.29. The average Bonchev–Trinajstić information content (AvgIpc) is 2.84. The first-order valence-corrected chi connectivity index (χ1v) is 8.35. The first-order valence-electron chi connectivity index (χ1n) is 8.35. The summed E-state index contributed by atoms with van der Waals surface area (Å²) in [6.07, 6.45) is 9.44. The lowest BCUT2D eigenvalue weighted by atomic mass is 9.84. The molecule has 1 fully saturated rings. The summed E-state index contributed by atoms with van der Waals surface area (Å²) in [7, 11) is 4.23. The second-order valence-electron chi connectivity index (χ2n) is 6.51. The lowest BCUT2D eigenvalue weighted by Gasteiger charge is -2.26. The van der Waals surface area contributed by atoms with Crippen LogP contribution in [0.1, 0.15) is 44.3 Å². The first-order chi connectivity index (χ1) is 10.3. The Labute approximate surface area is 127 Å². The van der Waals surface area contributed by atoms with Gasteiger partial charge in [-0.25, -0.2) is 4.98 Å². The number of aryl methyl sites for hydroxylation is 1. The molecule has 21 heavy (non-hydrogen) atoms. The lowest BCUT2D eigenvalue weighted by molar-refractivity contribution is 0.301. The number of hydrogen-bond donors (Lipinski definition) is 1. The highest BCUT2D eigenvalue weighted by atomic mass is 15.1. The first kappa shape index (κ1) is 14.6. The molecule has 2 aromatic rings. The van der Waals surface area contributed by atoms with E-state index in [0.29, 0.717) is 6.04 Å². The zero-order chi connectivity index (χ0) is 14.7. The molecule has 1 aliphatic rings. The molecule has 0 saturated heterocycles. The highest BCUT2D eigenvalue weighted by molar-refractivity contribution is 5.75. The molecule has 1 aliphatic carbocycles. The van der Waals surface area contributed by atoms with Crippen LogP contribution in [0, 0.1) is 5.92 Å². The Bertz CT molecular complexity index is 581. The summed E-state index contributed by atoms with van der Waals surface area (Å²) in [4.78, 5) is 4.82. The minimum Gasteiger partial charge on any atom is -0.331 e. The fourth-order valence-corrected chi connectivity index (χ4v) is 3.73. The Hall–Kier alpha value is -1.35. The van der Waals surface area contributed by atoms with Crippen LogP contribution in [0.15, 0.2) is 24.3 Å². The Balaban J connectivity index is 1.71. The molecule has 1 unspecified atom stereocenters. The van der Waals surface area contributed by atoms with Crippen LogP contribution in [0.5, 0.6) is 0 Å². The Kier molecular flexibility index (Phi) is 4.59. The van der Waals surface area contributed by atoms with E-state index in [-0.39, 0.29) is 0 Å². The van der Waals surface area contributed by atoms with Gasteiger partial charge in [-0.05, 0) is 31.5 Å². The number of hydrogen-bond acceptors (Lipinski definition) is 2. The molecule has 3 rings (SSSR count). The zero-order valence-electron chi connectivity index (χ0n) is 13.3. The number of para-hydroxylation sites is 2. The quantitative estimate of drug-likeness (QED) is 0.908. The molecule has 1 atom stereocenters. The molecule has 1 aromatic heterocycles. The van der Waals surface area contributed by atoms with E-state index in [1.165, 1.54) is 49.9 Å². The smallest absolute Gasteiger partial charge is 0.111 e. The van der Waals surface area contributed by atoms with Crippen LogP contribution < -0.4 is 5.32 Å². The number of nitrogens with one attached hydrogen (secondary N) is 1. The average molecular weight is 285 g/mol. The Morgan fingerprint density at radius 2 is 2.00 bits per heavy atom. The number of likely N-dealkylation sites (N-methyl/N-ethyl adjacent to an activating group) is 1. The molecule has 3 nitrogen and oxygen atoms in total. The van der Waals surface area contributed by atoms with E-state index in [4.69, 9.17) is 4.98 Å². The van der Waals surface area contributed by atoms with Crippen molar-refractivity contribution in [2.75, 3.05) is 7.05 Å². The molecule has 1 heterocycles. The van der Waals surface area contributed by atoms with Gasteiger partial charge in [0.25, 0.3) is 0 Å². The number of aromatic nitrogens is 2. The van der Waals surface area contributed by atoms with Crippen LogP contribution in [0.4, 0.5) is 0 Å². The van der Waals surface area contributed by atoms with Gasteiger partial charge in [0.05, 0.1) is 11.0 Å². The topological polar surface area (TPSA) is 29.9 Å². The predicted molar refractivity (Wildman–Crippen MR) is 88.5 cm³/mol. The standard InChI is InChI=1S/C18H27N3/c1-19-15(12-14-8-4-3-5-9-14)13-18-20-16-10-6-7-11-17(16)21(18)2/h6-7,10-11,14-15,19H,3-5,8-9,12-13H2,1-2H3. The van der Waals surface area contributed by atoms with Gasteiger partial charge in [0.2, 0.25) is 0 Å². The van der Waals surface area contributed by atoms with Crippen molar-refractivity contribution in [1.29, 1.82) is 0 Å². The molecular weight excluding hydrogens is 258 g/mol. The monoisotopic (exact) mass is 285 g/mol. The summed E-state index contributed by atoms with van der Waals surface area (Å²) in [5.41, 5.74) is 2.35. The van der Waals surface area contributed by atoms with Gasteiger partial charge >= 0.3 is 0 Å². The second kappa shape index (κ2) is 6.61. The van der Waals surface area contributed by atoms with E-state index in [2.05, 4.69) is 48.2 Å². The van der Waals surface area contributed by atoms with Crippen molar-refractivity contribution in [3.63, 3.8) is 0 Å². The van der Waals surface area contributed by atoms with Crippen LogP contribution >= 0.6 is 0 Å². The zero-order valence-corrected chi connectivity index (χ0v) is 13.3. The fraction of sp³-hybridized carbons (Fsp3) is 0.611. The third-order valence-electron chi connectivity index (χ3n) is 5.06. The van der Waals surface area contributed by atoms with Crippen molar-refractivity contribution in [2.45, 2.75) is 51.0 Å². The van der Waals surface area contributed by atoms with E-state index in [9.17, 15) is 0 Å². The number of nitrogens with zero attached hydrogens (tertiary/aromatic N) is 2. The molecule has 3 heteroatoms. The van der Waals surface area contributed by atoms with E-state index in [0.717, 1.165) is 17.9 Å². The summed E-state index contributed by atoms with van der Waals surface area (Å²) in [6, 6.07) is 8.96. The van der Waals surface area contributed by atoms with Gasteiger partial charge in [-0.1, -0.05) is 44.2 Å².